The van der Waals surface area contributed by atoms with E-state index in [0.29, 0.717) is 4.88 Å². The third-order valence-electron chi connectivity index (χ3n) is 3.04. The van der Waals surface area contributed by atoms with Crippen molar-refractivity contribution in [1.82, 2.24) is 0 Å². The zero-order chi connectivity index (χ0) is 11.8. The molecular weight excluding hydrogens is 272 g/mol. The van der Waals surface area contributed by atoms with Gasteiger partial charge in [-0.1, -0.05) is 0 Å². The van der Waals surface area contributed by atoms with E-state index >= 15 is 0 Å². The van der Waals surface area contributed by atoms with Crippen LogP contribution in [0.2, 0.25) is 0 Å². The monoisotopic (exact) mass is 282 g/mol. The summed E-state index contributed by atoms with van der Waals surface area (Å²) in [5, 5.41) is -0.359. The molecule has 1 aliphatic carbocycles. The second-order valence-corrected chi connectivity index (χ2v) is 6.77. The Labute approximate surface area is 113 Å². The molecule has 0 amide bonds. The lowest BCUT2D eigenvalue weighted by molar-refractivity contribution is 0.108. The minimum atomic E-state index is -0.359. The van der Waals surface area contributed by atoms with E-state index in [1.54, 1.807) is 0 Å². The van der Waals surface area contributed by atoms with Crippen LogP contribution in [0.4, 0.5) is 0 Å². The highest BCUT2D eigenvalue weighted by molar-refractivity contribution is 7.23. The number of hydrogen-bond donors (Lipinski definition) is 0. The molecule has 4 heteroatoms. The molecule has 17 heavy (non-hydrogen) atoms. The fourth-order valence-corrected chi connectivity index (χ4v) is 4.54. The van der Waals surface area contributed by atoms with Crippen LogP contribution in [0, 0.1) is 0 Å². The number of aryl methyl sites for hydroxylation is 2. The third kappa shape index (κ3) is 2.19. The summed E-state index contributed by atoms with van der Waals surface area (Å²) < 4.78 is 0. The van der Waals surface area contributed by atoms with E-state index in [9.17, 15) is 4.79 Å². The first-order chi connectivity index (χ1) is 8.24. The first-order valence-corrected chi connectivity index (χ1v) is 7.67. The summed E-state index contributed by atoms with van der Waals surface area (Å²) in [4.78, 5) is 15.7. The van der Waals surface area contributed by atoms with Gasteiger partial charge in [-0.25, -0.2) is 0 Å². The van der Waals surface area contributed by atoms with Gasteiger partial charge in [-0.2, -0.15) is 0 Å². The smallest absolute Gasteiger partial charge is 0.262 e. The summed E-state index contributed by atoms with van der Waals surface area (Å²) in [7, 11) is 0. The van der Waals surface area contributed by atoms with Crippen LogP contribution in [0.1, 0.15) is 33.0 Å². The maximum Gasteiger partial charge on any atom is 0.262 e. The molecule has 0 radical (unpaired) electrons. The molecule has 1 aliphatic rings. The molecule has 0 saturated carbocycles. The van der Waals surface area contributed by atoms with Gasteiger partial charge in [0, 0.05) is 14.6 Å². The van der Waals surface area contributed by atoms with Crippen molar-refractivity contribution in [1.29, 1.82) is 0 Å². The maximum atomic E-state index is 11.1. The lowest BCUT2D eigenvalue weighted by Crippen LogP contribution is -1.96. The highest BCUT2D eigenvalue weighted by Gasteiger charge is 2.15. The van der Waals surface area contributed by atoms with Crippen LogP contribution >= 0.6 is 34.3 Å². The third-order valence-corrected chi connectivity index (χ3v) is 5.87. The molecule has 0 atom stereocenters. The van der Waals surface area contributed by atoms with Crippen LogP contribution in [0.3, 0.4) is 0 Å². The van der Waals surface area contributed by atoms with Crippen molar-refractivity contribution in [3.05, 3.63) is 33.5 Å². The van der Waals surface area contributed by atoms with E-state index in [1.165, 1.54) is 52.3 Å². The second-order valence-electron chi connectivity index (χ2n) is 4.20. The lowest BCUT2D eigenvalue weighted by atomic mass is 9.99. The highest BCUT2D eigenvalue weighted by Crippen LogP contribution is 2.38. The van der Waals surface area contributed by atoms with Crippen LogP contribution < -0.4 is 0 Å². The fourth-order valence-electron chi connectivity index (χ4n) is 2.19. The first kappa shape index (κ1) is 11.5. The summed E-state index contributed by atoms with van der Waals surface area (Å²) in [6.45, 7) is 0. The van der Waals surface area contributed by atoms with E-state index in [2.05, 4.69) is 6.07 Å². The standard InChI is InChI=1S/C13H11ClOS2/c14-13(15)11-6-5-10(17-11)12-7-8-3-1-2-4-9(8)16-12/h5-7H,1-4H2. The van der Waals surface area contributed by atoms with Crippen molar-refractivity contribution in [2.75, 3.05) is 0 Å². The zero-order valence-electron chi connectivity index (χ0n) is 9.16. The number of thiophene rings is 2. The Hall–Kier alpha value is -0.640. The van der Waals surface area contributed by atoms with Gasteiger partial charge in [0.1, 0.15) is 0 Å². The van der Waals surface area contributed by atoms with Gasteiger partial charge >= 0.3 is 0 Å². The predicted octanol–water partition coefficient (Wildman–Crippen LogP) is 4.73. The van der Waals surface area contributed by atoms with Crippen LogP contribution in [0.15, 0.2) is 18.2 Å². The van der Waals surface area contributed by atoms with E-state index < -0.39 is 0 Å². The molecule has 0 spiro atoms. The molecule has 0 saturated heterocycles. The van der Waals surface area contributed by atoms with E-state index in [4.69, 9.17) is 11.6 Å². The SMILES string of the molecule is O=C(Cl)c1ccc(-c2cc3c(s2)CCCC3)s1. The summed E-state index contributed by atoms with van der Waals surface area (Å²) >= 11 is 8.84. The number of fused-ring (bicyclic) bond motifs is 1. The van der Waals surface area contributed by atoms with Crippen molar-refractivity contribution in [3.63, 3.8) is 0 Å². The molecule has 2 heterocycles. The molecular formula is C13H11ClOS2. The Morgan fingerprint density at radius 1 is 1.12 bits per heavy atom. The summed E-state index contributed by atoms with van der Waals surface area (Å²) in [5.74, 6) is 0. The Bertz CT molecular complexity index is 544. The molecule has 2 aromatic heterocycles. The zero-order valence-corrected chi connectivity index (χ0v) is 11.6. The Balaban J connectivity index is 1.97. The largest absolute Gasteiger partial charge is 0.275 e. The number of hydrogen-bond acceptors (Lipinski definition) is 3. The molecule has 0 aromatic carbocycles. The van der Waals surface area contributed by atoms with Crippen molar-refractivity contribution in [2.45, 2.75) is 25.7 Å². The molecule has 2 aromatic rings. The number of halogens is 1. The van der Waals surface area contributed by atoms with Gasteiger partial charge in [-0.3, -0.25) is 4.79 Å². The van der Waals surface area contributed by atoms with E-state index in [0.717, 1.165) is 4.88 Å². The molecule has 0 aliphatic heterocycles. The van der Waals surface area contributed by atoms with Crippen molar-refractivity contribution >= 4 is 39.5 Å². The van der Waals surface area contributed by atoms with E-state index in [-0.39, 0.29) is 5.24 Å². The average Bonchev–Trinajstić information content (AvgIpc) is 2.95. The van der Waals surface area contributed by atoms with Gasteiger partial charge in [0.25, 0.3) is 5.24 Å². The number of rotatable bonds is 2. The minimum absolute atomic E-state index is 0.359. The number of carbonyl (C=O) groups is 1. The summed E-state index contributed by atoms with van der Waals surface area (Å²) in [5.41, 5.74) is 1.50. The van der Waals surface area contributed by atoms with Crippen LogP contribution in [-0.4, -0.2) is 5.24 Å². The molecule has 3 rings (SSSR count). The van der Waals surface area contributed by atoms with Gasteiger partial charge in [0.2, 0.25) is 0 Å². The van der Waals surface area contributed by atoms with Gasteiger partial charge in [-0.05, 0) is 61.0 Å². The second kappa shape index (κ2) is 4.56. The van der Waals surface area contributed by atoms with Crippen LogP contribution in [-0.2, 0) is 12.8 Å². The molecule has 0 unspecified atom stereocenters. The lowest BCUT2D eigenvalue weighted by Gasteiger charge is -2.08. The normalized spacial score (nSPS) is 14.6. The van der Waals surface area contributed by atoms with Gasteiger partial charge in [0.05, 0.1) is 4.88 Å². The summed E-state index contributed by atoms with van der Waals surface area (Å²) in [6, 6.07) is 6.10. The topological polar surface area (TPSA) is 17.1 Å². The van der Waals surface area contributed by atoms with Gasteiger partial charge in [-0.15, -0.1) is 22.7 Å². The Morgan fingerprint density at radius 3 is 2.65 bits per heavy atom. The van der Waals surface area contributed by atoms with Crippen molar-refractivity contribution < 1.29 is 4.79 Å². The molecule has 88 valence electrons. The maximum absolute atomic E-state index is 11.1. The molecule has 0 bridgehead atoms. The van der Waals surface area contributed by atoms with Gasteiger partial charge in [0.15, 0.2) is 0 Å². The molecule has 0 N–H and O–H groups in total. The van der Waals surface area contributed by atoms with Gasteiger partial charge < -0.3 is 0 Å². The molecule has 1 nitrogen and oxygen atoms in total. The first-order valence-electron chi connectivity index (χ1n) is 5.65. The Morgan fingerprint density at radius 2 is 1.94 bits per heavy atom. The quantitative estimate of drug-likeness (QED) is 0.728. The van der Waals surface area contributed by atoms with Crippen molar-refractivity contribution in [2.24, 2.45) is 0 Å². The Kier molecular flexibility index (Phi) is 3.07. The number of carbonyl (C=O) groups excluding carboxylic acids is 1. The average molecular weight is 283 g/mol. The van der Waals surface area contributed by atoms with Crippen molar-refractivity contribution in [3.8, 4) is 9.75 Å². The van der Waals surface area contributed by atoms with Crippen LogP contribution in [0.5, 0.6) is 0 Å². The minimum Gasteiger partial charge on any atom is -0.275 e. The van der Waals surface area contributed by atoms with E-state index in [1.807, 2.05) is 23.5 Å². The fraction of sp³-hybridized carbons (Fsp3) is 0.308. The highest BCUT2D eigenvalue weighted by atomic mass is 35.5. The van der Waals surface area contributed by atoms with Crippen LogP contribution in [0.25, 0.3) is 9.75 Å². The molecule has 0 fully saturated rings. The predicted molar refractivity (Wildman–Crippen MR) is 74.5 cm³/mol. The summed E-state index contributed by atoms with van der Waals surface area (Å²) in [6.07, 6.45) is 5.03.